The molecule has 0 fully saturated rings. The largest absolute Gasteiger partial charge is 0.469 e. The van der Waals surface area contributed by atoms with Gasteiger partial charge in [0.2, 0.25) is 0 Å². The second-order valence-electron chi connectivity index (χ2n) is 5.09. The number of furan rings is 1. The van der Waals surface area contributed by atoms with E-state index in [1.54, 1.807) is 6.26 Å². The van der Waals surface area contributed by atoms with Gasteiger partial charge < -0.3 is 15.1 Å². The van der Waals surface area contributed by atoms with Crippen LogP contribution in [0.3, 0.4) is 0 Å². The van der Waals surface area contributed by atoms with Crippen molar-refractivity contribution in [2.24, 2.45) is 10.9 Å². The van der Waals surface area contributed by atoms with Gasteiger partial charge in [-0.15, -0.1) is 0 Å². The first-order chi connectivity index (χ1) is 9.72. The van der Waals surface area contributed by atoms with Gasteiger partial charge in [-0.25, -0.2) is 0 Å². The van der Waals surface area contributed by atoms with Crippen LogP contribution in [0, 0.1) is 5.92 Å². The average molecular weight is 297 g/mol. The highest BCUT2D eigenvalue weighted by atomic mass is 32.2. The second-order valence-corrected chi connectivity index (χ2v) is 6.07. The maximum atomic E-state index is 5.32. The van der Waals surface area contributed by atoms with E-state index in [1.165, 1.54) is 0 Å². The van der Waals surface area contributed by atoms with E-state index in [9.17, 15) is 0 Å². The molecule has 2 N–H and O–H groups in total. The third-order valence-electron chi connectivity index (χ3n) is 2.82. The lowest BCUT2D eigenvalue weighted by molar-refractivity contribution is 0.506. The summed E-state index contributed by atoms with van der Waals surface area (Å²) in [6, 6.07) is 3.92. The van der Waals surface area contributed by atoms with Crippen LogP contribution in [0.5, 0.6) is 0 Å². The van der Waals surface area contributed by atoms with E-state index in [2.05, 4.69) is 35.7 Å². The molecule has 1 aromatic rings. The molecule has 20 heavy (non-hydrogen) atoms. The molecule has 0 spiro atoms. The molecule has 0 bridgehead atoms. The van der Waals surface area contributed by atoms with Crippen LogP contribution < -0.4 is 10.6 Å². The fraction of sp³-hybridized carbons (Fsp3) is 0.667. The molecule has 0 aliphatic rings. The van der Waals surface area contributed by atoms with E-state index < -0.39 is 0 Å². The summed E-state index contributed by atoms with van der Waals surface area (Å²) < 4.78 is 5.32. The first-order valence-corrected chi connectivity index (χ1v) is 8.65. The molecule has 0 aliphatic heterocycles. The quantitative estimate of drug-likeness (QED) is 0.418. The molecule has 0 saturated carbocycles. The minimum absolute atomic E-state index is 0.689. The van der Waals surface area contributed by atoms with Gasteiger partial charge in [-0.3, -0.25) is 4.99 Å². The lowest BCUT2D eigenvalue weighted by Crippen LogP contribution is -2.39. The third kappa shape index (κ3) is 8.15. The Morgan fingerprint density at radius 1 is 1.35 bits per heavy atom. The molecule has 5 heteroatoms. The Morgan fingerprint density at radius 2 is 2.15 bits per heavy atom. The first-order valence-electron chi connectivity index (χ1n) is 7.26. The summed E-state index contributed by atoms with van der Waals surface area (Å²) in [5, 5.41) is 6.72. The van der Waals surface area contributed by atoms with Crippen molar-refractivity contribution in [1.82, 2.24) is 10.6 Å². The summed E-state index contributed by atoms with van der Waals surface area (Å²) in [4.78, 5) is 4.61. The lowest BCUT2D eigenvalue weighted by Gasteiger charge is -2.12. The minimum atomic E-state index is 0.689. The Balaban J connectivity index is 2.31. The van der Waals surface area contributed by atoms with Crippen LogP contribution in [0.25, 0.3) is 0 Å². The molecule has 0 radical (unpaired) electrons. The molecular formula is C15H27N3OS. The van der Waals surface area contributed by atoms with E-state index in [4.69, 9.17) is 4.42 Å². The molecule has 1 rings (SSSR count). The van der Waals surface area contributed by atoms with Crippen molar-refractivity contribution in [3.63, 3.8) is 0 Å². The maximum Gasteiger partial charge on any atom is 0.191 e. The van der Waals surface area contributed by atoms with E-state index >= 15 is 0 Å². The van der Waals surface area contributed by atoms with Gasteiger partial charge in [0.15, 0.2) is 5.96 Å². The standard InChI is InChI=1S/C15H27N3OS/c1-13(2)6-8-16-15(18-10-12-20-3)17-9-7-14-5-4-11-19-14/h4-5,11,13H,6-10,12H2,1-3H3,(H2,16,17,18). The van der Waals surface area contributed by atoms with Crippen molar-refractivity contribution in [1.29, 1.82) is 0 Å². The number of nitrogens with one attached hydrogen (secondary N) is 2. The summed E-state index contributed by atoms with van der Waals surface area (Å²) >= 11 is 1.83. The number of thioether (sulfide) groups is 1. The molecule has 0 saturated heterocycles. The highest BCUT2D eigenvalue weighted by molar-refractivity contribution is 7.98. The Labute approximate surface area is 126 Å². The lowest BCUT2D eigenvalue weighted by atomic mass is 10.1. The highest BCUT2D eigenvalue weighted by Crippen LogP contribution is 2.00. The average Bonchev–Trinajstić information content (AvgIpc) is 2.91. The molecule has 0 aromatic carbocycles. The van der Waals surface area contributed by atoms with Gasteiger partial charge in [-0.05, 0) is 30.7 Å². The van der Waals surface area contributed by atoms with Crippen molar-refractivity contribution in [3.05, 3.63) is 24.2 Å². The van der Waals surface area contributed by atoms with Gasteiger partial charge in [0.1, 0.15) is 5.76 Å². The van der Waals surface area contributed by atoms with Crippen molar-refractivity contribution < 1.29 is 4.42 Å². The molecule has 0 atom stereocenters. The van der Waals surface area contributed by atoms with Gasteiger partial charge in [0, 0.05) is 31.8 Å². The number of nitrogens with zero attached hydrogens (tertiary/aromatic N) is 1. The summed E-state index contributed by atoms with van der Waals surface area (Å²) in [6.07, 6.45) is 5.82. The highest BCUT2D eigenvalue weighted by Gasteiger charge is 2.00. The molecule has 114 valence electrons. The molecule has 4 nitrogen and oxygen atoms in total. The van der Waals surface area contributed by atoms with Crippen LogP contribution in [0.1, 0.15) is 26.0 Å². The van der Waals surface area contributed by atoms with E-state index in [-0.39, 0.29) is 0 Å². The topological polar surface area (TPSA) is 49.6 Å². The monoisotopic (exact) mass is 297 g/mol. The zero-order valence-electron chi connectivity index (χ0n) is 12.8. The van der Waals surface area contributed by atoms with E-state index in [0.29, 0.717) is 5.92 Å². The van der Waals surface area contributed by atoms with Gasteiger partial charge in [0.05, 0.1) is 6.26 Å². The van der Waals surface area contributed by atoms with Gasteiger partial charge in [-0.1, -0.05) is 13.8 Å². The molecule has 0 amide bonds. The number of rotatable bonds is 9. The van der Waals surface area contributed by atoms with Crippen LogP contribution in [-0.4, -0.2) is 37.6 Å². The minimum Gasteiger partial charge on any atom is -0.469 e. The fourth-order valence-corrected chi connectivity index (χ4v) is 1.95. The summed E-state index contributed by atoms with van der Waals surface area (Å²) in [5.74, 6) is 3.69. The fourth-order valence-electron chi connectivity index (χ4n) is 1.64. The van der Waals surface area contributed by atoms with Crippen molar-refractivity contribution in [2.45, 2.75) is 26.7 Å². The molecular weight excluding hydrogens is 270 g/mol. The van der Waals surface area contributed by atoms with Crippen LogP contribution >= 0.6 is 11.8 Å². The van der Waals surface area contributed by atoms with Gasteiger partial charge >= 0.3 is 0 Å². The Morgan fingerprint density at radius 3 is 2.80 bits per heavy atom. The SMILES string of the molecule is CSCCNC(=NCCC(C)C)NCCc1ccco1. The first kappa shape index (κ1) is 17.0. The predicted molar refractivity (Wildman–Crippen MR) is 88.6 cm³/mol. The number of guanidine groups is 1. The van der Waals surface area contributed by atoms with E-state index in [0.717, 1.165) is 49.9 Å². The molecule has 1 heterocycles. The summed E-state index contributed by atoms with van der Waals surface area (Å²) in [7, 11) is 0. The Kier molecular flexibility index (Phi) is 9.04. The third-order valence-corrected chi connectivity index (χ3v) is 3.43. The normalized spacial score (nSPS) is 11.9. The molecule has 0 unspecified atom stereocenters. The Bertz CT molecular complexity index is 363. The van der Waals surface area contributed by atoms with Crippen LogP contribution in [-0.2, 0) is 6.42 Å². The molecule has 1 aromatic heterocycles. The van der Waals surface area contributed by atoms with Crippen molar-refractivity contribution >= 4 is 17.7 Å². The number of hydrogen-bond donors (Lipinski definition) is 2. The van der Waals surface area contributed by atoms with Crippen molar-refractivity contribution in [3.8, 4) is 0 Å². The number of aliphatic imine (C=N–C) groups is 1. The predicted octanol–water partition coefficient (Wildman–Crippen LogP) is 2.77. The van der Waals surface area contributed by atoms with Gasteiger partial charge in [0.25, 0.3) is 0 Å². The van der Waals surface area contributed by atoms with Crippen LogP contribution in [0.2, 0.25) is 0 Å². The van der Waals surface area contributed by atoms with Crippen LogP contribution in [0.4, 0.5) is 0 Å². The van der Waals surface area contributed by atoms with E-state index in [1.807, 2.05) is 23.9 Å². The van der Waals surface area contributed by atoms with Gasteiger partial charge in [-0.2, -0.15) is 11.8 Å². The second kappa shape index (κ2) is 10.7. The smallest absolute Gasteiger partial charge is 0.191 e. The molecule has 0 aliphatic carbocycles. The van der Waals surface area contributed by atoms with Crippen molar-refractivity contribution in [2.75, 3.05) is 31.6 Å². The zero-order valence-corrected chi connectivity index (χ0v) is 13.6. The number of hydrogen-bond acceptors (Lipinski definition) is 3. The maximum absolute atomic E-state index is 5.32. The zero-order chi connectivity index (χ0) is 14.6. The Hall–Kier alpha value is -1.10. The van der Waals surface area contributed by atoms with Crippen LogP contribution in [0.15, 0.2) is 27.8 Å². The summed E-state index contributed by atoms with van der Waals surface area (Å²) in [5.41, 5.74) is 0. The summed E-state index contributed by atoms with van der Waals surface area (Å²) in [6.45, 7) is 7.09.